The molecule has 0 saturated carbocycles. The van der Waals surface area contributed by atoms with Gasteiger partial charge in [-0.3, -0.25) is 0 Å². The van der Waals surface area contributed by atoms with E-state index < -0.39 is 11.2 Å². The fraction of sp³-hybridized carbons (Fsp3) is 0.583. The Bertz CT molecular complexity index is 379. The van der Waals surface area contributed by atoms with Crippen molar-refractivity contribution in [2.75, 3.05) is 30.3 Å². The number of rotatable bonds is 1. The Morgan fingerprint density at radius 1 is 1.47 bits per heavy atom. The molecule has 17 heavy (non-hydrogen) atoms. The van der Waals surface area contributed by atoms with E-state index in [9.17, 15) is 4.55 Å². The Hall–Kier alpha value is -0.780. The summed E-state index contributed by atoms with van der Waals surface area (Å²) in [6, 6.07) is 6.75. The Morgan fingerprint density at radius 3 is 2.88 bits per heavy atom. The second kappa shape index (κ2) is 4.48. The molecule has 2 aliphatic heterocycles. The fourth-order valence-electron chi connectivity index (χ4n) is 2.50. The van der Waals surface area contributed by atoms with Crippen LogP contribution in [0.25, 0.3) is 0 Å². The van der Waals surface area contributed by atoms with E-state index in [0.29, 0.717) is 12.4 Å². The van der Waals surface area contributed by atoms with Crippen molar-refractivity contribution in [1.82, 2.24) is 4.98 Å². The van der Waals surface area contributed by atoms with Gasteiger partial charge in [-0.25, -0.2) is 4.98 Å². The van der Waals surface area contributed by atoms with E-state index >= 15 is 0 Å². The van der Waals surface area contributed by atoms with Crippen LogP contribution in [-0.4, -0.2) is 39.9 Å². The number of nitrogens with zero attached hydrogens (tertiary/aromatic N) is 2. The van der Waals surface area contributed by atoms with E-state index in [-0.39, 0.29) is 4.93 Å². The lowest BCUT2D eigenvalue weighted by Gasteiger charge is -2.38. The van der Waals surface area contributed by atoms with Crippen molar-refractivity contribution in [2.45, 2.75) is 17.8 Å². The van der Waals surface area contributed by atoms with Gasteiger partial charge in [0.2, 0.25) is 4.93 Å². The summed E-state index contributed by atoms with van der Waals surface area (Å²) in [7, 11) is 0. The summed E-state index contributed by atoms with van der Waals surface area (Å²) >= 11 is -0.815. The molecule has 0 bridgehead atoms. The first-order valence-electron chi connectivity index (χ1n) is 5.90. The second-order valence-electron chi connectivity index (χ2n) is 4.41. The topological polar surface area (TPSA) is 48.4 Å². The molecule has 1 aromatic rings. The number of hydrogen-bond acceptors (Lipinski definition) is 4. The monoisotopic (exact) mass is 251 g/mol. The highest BCUT2D eigenvalue weighted by Crippen LogP contribution is 2.37. The zero-order valence-electron chi connectivity index (χ0n) is 9.59. The van der Waals surface area contributed by atoms with Crippen LogP contribution < -0.4 is 4.90 Å². The average molecular weight is 251 g/mol. The van der Waals surface area contributed by atoms with Crippen LogP contribution in [0.3, 0.4) is 0 Å². The van der Waals surface area contributed by atoms with E-state index in [0.717, 1.165) is 31.7 Å². The first-order chi connectivity index (χ1) is 8.30. The summed E-state index contributed by atoms with van der Waals surface area (Å²) < 4.78 is 17.7. The maximum Gasteiger partial charge on any atom is 0.229 e. The molecular weight excluding hydrogens is 236 g/mol. The summed E-state index contributed by atoms with van der Waals surface area (Å²) in [5.74, 6) is 1.67. The van der Waals surface area contributed by atoms with E-state index in [2.05, 4.69) is 16.0 Å². The molecule has 3 rings (SSSR count). The number of aromatic nitrogens is 1. The van der Waals surface area contributed by atoms with Gasteiger partial charge in [-0.1, -0.05) is 0 Å². The molecule has 2 fully saturated rings. The predicted molar refractivity (Wildman–Crippen MR) is 66.2 cm³/mol. The van der Waals surface area contributed by atoms with Gasteiger partial charge in [-0.05, 0) is 23.3 Å². The quantitative estimate of drug-likeness (QED) is 0.697. The summed E-state index contributed by atoms with van der Waals surface area (Å²) in [5.41, 5.74) is 0. The smallest absolute Gasteiger partial charge is 0.229 e. The van der Waals surface area contributed by atoms with Crippen molar-refractivity contribution in [3.05, 3.63) is 24.4 Å². The average Bonchev–Trinajstić information content (AvgIpc) is 2.73. The number of pyridine rings is 1. The van der Waals surface area contributed by atoms with Crippen molar-refractivity contribution in [3.63, 3.8) is 0 Å². The summed E-state index contributed by atoms with van der Waals surface area (Å²) in [5, 5.41) is 0. The maximum absolute atomic E-state index is 11.9. The lowest BCUT2D eigenvalue weighted by molar-refractivity contribution is 0.0285. The lowest BCUT2D eigenvalue weighted by atomic mass is 10.1. The van der Waals surface area contributed by atoms with Crippen molar-refractivity contribution in [1.29, 1.82) is 0 Å². The van der Waals surface area contributed by atoms with Crippen LogP contribution in [0.1, 0.15) is 12.8 Å². The van der Waals surface area contributed by atoms with Gasteiger partial charge in [-0.2, -0.15) is 0 Å². The van der Waals surface area contributed by atoms with Gasteiger partial charge in [0.1, 0.15) is 11.6 Å². The number of piperidine rings is 1. The summed E-state index contributed by atoms with van der Waals surface area (Å²) in [6.07, 6.45) is 3.35. The molecule has 0 N–H and O–H groups in total. The van der Waals surface area contributed by atoms with E-state index in [1.54, 1.807) is 6.20 Å². The molecule has 3 heterocycles. The molecule has 1 spiro atoms. The minimum Gasteiger partial charge on any atom is -0.614 e. The maximum atomic E-state index is 11.9. The first-order valence-corrected chi connectivity index (χ1v) is 7.22. The van der Waals surface area contributed by atoms with Crippen molar-refractivity contribution >= 4 is 17.0 Å². The van der Waals surface area contributed by atoms with Gasteiger partial charge in [0.15, 0.2) is 0 Å². The van der Waals surface area contributed by atoms with Gasteiger partial charge in [0, 0.05) is 38.2 Å². The van der Waals surface area contributed by atoms with Crippen LogP contribution in [0, 0.1) is 6.07 Å². The largest absolute Gasteiger partial charge is 0.614 e. The van der Waals surface area contributed by atoms with Crippen LogP contribution in [0.5, 0.6) is 0 Å². The molecule has 4 nitrogen and oxygen atoms in total. The van der Waals surface area contributed by atoms with Gasteiger partial charge < -0.3 is 14.2 Å². The third-order valence-corrected chi connectivity index (χ3v) is 5.39. The van der Waals surface area contributed by atoms with Crippen molar-refractivity contribution < 1.29 is 9.29 Å². The van der Waals surface area contributed by atoms with Crippen LogP contribution in [0.15, 0.2) is 18.3 Å². The highest BCUT2D eigenvalue weighted by atomic mass is 32.2. The minimum absolute atomic E-state index is 0.364. The molecule has 0 aromatic carbocycles. The molecule has 2 saturated heterocycles. The van der Waals surface area contributed by atoms with Crippen LogP contribution in [0.2, 0.25) is 0 Å². The molecule has 0 aliphatic carbocycles. The first kappa shape index (κ1) is 11.3. The Kier molecular flexibility index (Phi) is 2.98. The molecular formula is C12H15N2O2S. The number of anilines is 1. The third kappa shape index (κ3) is 2.03. The van der Waals surface area contributed by atoms with Gasteiger partial charge in [0.25, 0.3) is 0 Å². The SMILES string of the molecule is [O-][S+]1CCOC12CCN(c1cc[c]cn1)CC2. The summed E-state index contributed by atoms with van der Waals surface area (Å²) in [6.45, 7) is 2.37. The van der Waals surface area contributed by atoms with Crippen LogP contribution in [0.4, 0.5) is 5.82 Å². The fourth-order valence-corrected chi connectivity index (χ4v) is 3.96. The van der Waals surface area contributed by atoms with Crippen LogP contribution >= 0.6 is 0 Å². The lowest BCUT2D eigenvalue weighted by Crippen LogP contribution is -2.48. The van der Waals surface area contributed by atoms with Gasteiger partial charge in [-0.15, -0.1) is 0 Å². The van der Waals surface area contributed by atoms with Gasteiger partial charge >= 0.3 is 0 Å². The van der Waals surface area contributed by atoms with E-state index in [1.165, 1.54) is 0 Å². The Balaban J connectivity index is 1.68. The van der Waals surface area contributed by atoms with E-state index in [1.807, 2.05) is 12.1 Å². The zero-order valence-corrected chi connectivity index (χ0v) is 10.4. The third-order valence-electron chi connectivity index (χ3n) is 3.50. The minimum atomic E-state index is -0.815. The van der Waals surface area contributed by atoms with Crippen LogP contribution in [-0.2, 0) is 15.9 Å². The highest BCUT2D eigenvalue weighted by Gasteiger charge is 2.50. The Morgan fingerprint density at radius 2 is 2.29 bits per heavy atom. The standard InChI is InChI=1S/C12H15N2O2S/c15-17-10-9-16-12(17)4-7-14(8-5-12)11-3-1-2-6-13-11/h1,3,6H,4-5,7-10H2. The summed E-state index contributed by atoms with van der Waals surface area (Å²) in [4.78, 5) is 6.15. The molecule has 2 aliphatic rings. The molecule has 0 amide bonds. The van der Waals surface area contributed by atoms with Crippen molar-refractivity contribution in [2.24, 2.45) is 0 Å². The zero-order chi connectivity index (χ0) is 11.7. The molecule has 1 unspecified atom stereocenters. The Labute approximate surface area is 104 Å². The van der Waals surface area contributed by atoms with Gasteiger partial charge in [0.05, 0.1) is 6.61 Å². The normalized spacial score (nSPS) is 27.6. The van der Waals surface area contributed by atoms with E-state index in [4.69, 9.17) is 4.74 Å². The molecule has 1 radical (unpaired) electrons. The number of ether oxygens (including phenoxy) is 1. The second-order valence-corrected chi connectivity index (χ2v) is 6.26. The predicted octanol–water partition coefficient (Wildman–Crippen LogP) is 0.957. The highest BCUT2D eigenvalue weighted by molar-refractivity contribution is 7.92. The molecule has 91 valence electrons. The molecule has 1 aromatic heterocycles. The number of hydrogen-bond donors (Lipinski definition) is 0. The molecule has 5 heteroatoms. The van der Waals surface area contributed by atoms with Crippen molar-refractivity contribution in [3.8, 4) is 0 Å². The molecule has 1 atom stereocenters.